The molecule has 0 amide bonds. The number of pyridine rings is 1. The maximum absolute atomic E-state index is 4.71. The van der Waals surface area contributed by atoms with Gasteiger partial charge in [-0.2, -0.15) is 5.10 Å². The number of fused-ring (bicyclic) bond motifs is 1. The predicted octanol–water partition coefficient (Wildman–Crippen LogP) is 3.86. The Kier molecular flexibility index (Phi) is 4.59. The first-order valence-electron chi connectivity index (χ1n) is 9.85. The second-order valence-corrected chi connectivity index (χ2v) is 7.57. The third-order valence-electron chi connectivity index (χ3n) is 5.49. The summed E-state index contributed by atoms with van der Waals surface area (Å²) in [4.78, 5) is 11.7. The average Bonchev–Trinajstić information content (AvgIpc) is 3.36. The van der Waals surface area contributed by atoms with Gasteiger partial charge in [0.2, 0.25) is 0 Å². The fraction of sp³-hybridized carbons (Fsp3) is 0.261. The molecule has 4 aromatic rings. The highest BCUT2D eigenvalue weighted by Crippen LogP contribution is 2.24. The molecule has 0 radical (unpaired) electrons. The number of hydrogen-bond donors (Lipinski definition) is 0. The van der Waals surface area contributed by atoms with Gasteiger partial charge in [-0.3, -0.25) is 9.88 Å². The summed E-state index contributed by atoms with van der Waals surface area (Å²) in [6, 6.07) is 16.5. The minimum Gasteiger partial charge on any atom is -0.299 e. The number of rotatable bonds is 5. The van der Waals surface area contributed by atoms with E-state index in [-0.39, 0.29) is 0 Å². The summed E-state index contributed by atoms with van der Waals surface area (Å²) in [6.07, 6.45) is 10.2. The van der Waals surface area contributed by atoms with Crippen molar-refractivity contribution in [1.29, 1.82) is 0 Å². The largest absolute Gasteiger partial charge is 0.299 e. The lowest BCUT2D eigenvalue weighted by Crippen LogP contribution is -2.21. The molecule has 0 aliphatic carbocycles. The lowest BCUT2D eigenvalue weighted by atomic mass is 10.0. The van der Waals surface area contributed by atoms with Gasteiger partial charge in [0.15, 0.2) is 5.65 Å². The van der Waals surface area contributed by atoms with Crippen LogP contribution in [0.25, 0.3) is 16.8 Å². The number of benzene rings is 1. The van der Waals surface area contributed by atoms with Crippen LogP contribution < -0.4 is 0 Å². The molecule has 1 aliphatic rings. The molecule has 0 bridgehead atoms. The SMILES string of the molecule is c1ccc(-c2cnn3cc(CN4CCC(Cc5ccccn5)C4)cnc23)cc1. The molecule has 1 aliphatic heterocycles. The minimum absolute atomic E-state index is 0.681. The van der Waals surface area contributed by atoms with Crippen LogP contribution in [-0.4, -0.2) is 37.6 Å². The molecule has 1 saturated heterocycles. The van der Waals surface area contributed by atoms with Crippen molar-refractivity contribution < 1.29 is 0 Å². The van der Waals surface area contributed by atoms with Crippen molar-refractivity contribution in [2.75, 3.05) is 13.1 Å². The summed E-state index contributed by atoms with van der Waals surface area (Å²) in [6.45, 7) is 3.16. The van der Waals surface area contributed by atoms with Crippen LogP contribution in [0.3, 0.4) is 0 Å². The summed E-state index contributed by atoms with van der Waals surface area (Å²) in [7, 11) is 0. The highest BCUT2D eigenvalue weighted by atomic mass is 15.2. The van der Waals surface area contributed by atoms with Crippen LogP contribution in [0.4, 0.5) is 0 Å². The fourth-order valence-electron chi connectivity index (χ4n) is 4.11. The molecule has 28 heavy (non-hydrogen) atoms. The van der Waals surface area contributed by atoms with Crippen LogP contribution in [0.5, 0.6) is 0 Å². The molecular formula is C23H23N5. The Morgan fingerprint density at radius 2 is 1.86 bits per heavy atom. The first kappa shape index (κ1) is 17.1. The summed E-state index contributed by atoms with van der Waals surface area (Å²) in [5.41, 5.74) is 5.53. The lowest BCUT2D eigenvalue weighted by Gasteiger charge is -2.16. The first-order valence-corrected chi connectivity index (χ1v) is 9.85. The zero-order valence-corrected chi connectivity index (χ0v) is 15.8. The quantitative estimate of drug-likeness (QED) is 0.536. The van der Waals surface area contributed by atoms with E-state index in [0.717, 1.165) is 42.8 Å². The second kappa shape index (κ2) is 7.52. The summed E-state index contributed by atoms with van der Waals surface area (Å²) in [5, 5.41) is 4.53. The molecule has 0 N–H and O–H groups in total. The average molecular weight is 369 g/mol. The van der Waals surface area contributed by atoms with E-state index in [9.17, 15) is 0 Å². The van der Waals surface area contributed by atoms with E-state index in [2.05, 4.69) is 45.4 Å². The normalized spacial score (nSPS) is 17.4. The van der Waals surface area contributed by atoms with Gasteiger partial charge in [-0.15, -0.1) is 0 Å². The van der Waals surface area contributed by atoms with Crippen molar-refractivity contribution in [1.82, 2.24) is 24.5 Å². The molecular weight excluding hydrogens is 346 g/mol. The van der Waals surface area contributed by atoms with Gasteiger partial charge in [0.05, 0.1) is 6.20 Å². The smallest absolute Gasteiger partial charge is 0.162 e. The van der Waals surface area contributed by atoms with E-state index in [0.29, 0.717) is 5.92 Å². The molecule has 140 valence electrons. The Morgan fingerprint density at radius 1 is 0.964 bits per heavy atom. The number of hydrogen-bond acceptors (Lipinski definition) is 4. The number of nitrogens with zero attached hydrogens (tertiary/aromatic N) is 5. The molecule has 0 spiro atoms. The van der Waals surface area contributed by atoms with Crippen LogP contribution in [0.2, 0.25) is 0 Å². The summed E-state index contributed by atoms with van der Waals surface area (Å²) in [5.74, 6) is 0.681. The van der Waals surface area contributed by atoms with Gasteiger partial charge >= 0.3 is 0 Å². The van der Waals surface area contributed by atoms with Crippen LogP contribution in [0.1, 0.15) is 17.7 Å². The Hall–Kier alpha value is -3.05. The third-order valence-corrected chi connectivity index (χ3v) is 5.49. The standard InChI is InChI=1S/C23H23N5/c1-2-6-20(7-3-1)22-14-26-28-17-19(13-25-23(22)28)16-27-11-9-18(15-27)12-21-8-4-5-10-24-21/h1-8,10,13-14,17-18H,9,11-12,15-16H2. The molecule has 1 atom stereocenters. The van der Waals surface area contributed by atoms with E-state index in [1.165, 1.54) is 17.7 Å². The van der Waals surface area contributed by atoms with E-state index in [4.69, 9.17) is 4.98 Å². The molecule has 5 nitrogen and oxygen atoms in total. The van der Waals surface area contributed by atoms with Gasteiger partial charge in [0.1, 0.15) is 0 Å². The van der Waals surface area contributed by atoms with Crippen LogP contribution in [-0.2, 0) is 13.0 Å². The van der Waals surface area contributed by atoms with Crippen molar-refractivity contribution >= 4 is 5.65 Å². The monoisotopic (exact) mass is 369 g/mol. The highest BCUT2D eigenvalue weighted by Gasteiger charge is 2.23. The van der Waals surface area contributed by atoms with E-state index >= 15 is 0 Å². The Bertz CT molecular complexity index is 1060. The van der Waals surface area contributed by atoms with Crippen molar-refractivity contribution in [2.45, 2.75) is 19.4 Å². The molecule has 1 fully saturated rings. The predicted molar refractivity (Wildman–Crippen MR) is 110 cm³/mol. The Labute approximate surface area is 164 Å². The van der Waals surface area contributed by atoms with E-state index in [1.807, 2.05) is 47.4 Å². The second-order valence-electron chi connectivity index (χ2n) is 7.57. The molecule has 1 aromatic carbocycles. The van der Waals surface area contributed by atoms with Crippen LogP contribution in [0.15, 0.2) is 73.3 Å². The van der Waals surface area contributed by atoms with E-state index in [1.54, 1.807) is 0 Å². The topological polar surface area (TPSA) is 46.3 Å². The van der Waals surface area contributed by atoms with Gasteiger partial charge in [-0.1, -0.05) is 36.4 Å². The van der Waals surface area contributed by atoms with Crippen molar-refractivity contribution in [3.05, 3.63) is 84.6 Å². The molecule has 0 saturated carbocycles. The molecule has 4 heterocycles. The lowest BCUT2D eigenvalue weighted by molar-refractivity contribution is 0.315. The van der Waals surface area contributed by atoms with E-state index < -0.39 is 0 Å². The van der Waals surface area contributed by atoms with Gasteiger partial charge in [-0.25, -0.2) is 9.50 Å². The number of aromatic nitrogens is 4. The summed E-state index contributed by atoms with van der Waals surface area (Å²) >= 11 is 0. The van der Waals surface area contributed by atoms with Gasteiger partial charge in [-0.05, 0) is 43.0 Å². The minimum atomic E-state index is 0.681. The van der Waals surface area contributed by atoms with Gasteiger partial charge in [0, 0.05) is 48.5 Å². The molecule has 5 rings (SSSR count). The number of likely N-dealkylation sites (tertiary alicyclic amines) is 1. The molecule has 1 unspecified atom stereocenters. The Balaban J connectivity index is 1.27. The maximum atomic E-state index is 4.71. The first-order chi connectivity index (χ1) is 13.8. The van der Waals surface area contributed by atoms with Gasteiger partial charge < -0.3 is 0 Å². The Morgan fingerprint density at radius 3 is 2.71 bits per heavy atom. The van der Waals surface area contributed by atoms with Crippen LogP contribution in [0, 0.1) is 5.92 Å². The third kappa shape index (κ3) is 3.53. The van der Waals surface area contributed by atoms with Crippen LogP contribution >= 0.6 is 0 Å². The zero-order chi connectivity index (χ0) is 18.8. The molecule has 5 heteroatoms. The van der Waals surface area contributed by atoms with Crippen molar-refractivity contribution in [3.8, 4) is 11.1 Å². The van der Waals surface area contributed by atoms with Gasteiger partial charge in [0.25, 0.3) is 0 Å². The summed E-state index contributed by atoms with van der Waals surface area (Å²) < 4.78 is 1.90. The fourth-order valence-corrected chi connectivity index (χ4v) is 4.11. The highest BCUT2D eigenvalue weighted by molar-refractivity contribution is 5.76. The van der Waals surface area contributed by atoms with Crippen molar-refractivity contribution in [3.63, 3.8) is 0 Å². The zero-order valence-electron chi connectivity index (χ0n) is 15.8. The maximum Gasteiger partial charge on any atom is 0.162 e. The van der Waals surface area contributed by atoms with Crippen molar-refractivity contribution in [2.24, 2.45) is 5.92 Å². The molecule has 3 aromatic heterocycles.